The van der Waals surface area contributed by atoms with Gasteiger partial charge < -0.3 is 4.74 Å². The second-order valence-corrected chi connectivity index (χ2v) is 10.3. The molecule has 34 heavy (non-hydrogen) atoms. The van der Waals surface area contributed by atoms with Gasteiger partial charge in [0.1, 0.15) is 5.75 Å². The molecule has 9 heteroatoms. The number of fused-ring (bicyclic) bond motifs is 3. The van der Waals surface area contributed by atoms with Crippen molar-refractivity contribution in [3.05, 3.63) is 83.7 Å². The number of hydrogen-bond donors (Lipinski definition) is 0. The number of ether oxygens (including phenoxy) is 1. The van der Waals surface area contributed by atoms with E-state index in [1.54, 1.807) is 62.0 Å². The molecule has 0 N–H and O–H groups in total. The first-order valence-corrected chi connectivity index (χ1v) is 12.3. The Balaban J connectivity index is 1.69. The number of carbonyl (C=O) groups excluding carboxylic acids is 1. The summed E-state index contributed by atoms with van der Waals surface area (Å²) in [5, 5.41) is 6.13. The van der Waals surface area contributed by atoms with Crippen LogP contribution < -0.4 is 9.04 Å². The van der Waals surface area contributed by atoms with E-state index in [2.05, 4.69) is 10.1 Å². The van der Waals surface area contributed by atoms with E-state index >= 15 is 0 Å². The van der Waals surface area contributed by atoms with Crippen LogP contribution in [0.5, 0.6) is 5.75 Å². The molecule has 0 bridgehead atoms. The fourth-order valence-electron chi connectivity index (χ4n) is 4.62. The van der Waals surface area contributed by atoms with E-state index in [4.69, 9.17) is 4.74 Å². The fourth-order valence-corrected chi connectivity index (χ4v) is 6.13. The number of rotatable bonds is 4. The van der Waals surface area contributed by atoms with Crippen molar-refractivity contribution in [2.24, 2.45) is 11.0 Å². The summed E-state index contributed by atoms with van der Waals surface area (Å²) in [4.78, 5) is 16.9. The van der Waals surface area contributed by atoms with Crippen LogP contribution in [0.3, 0.4) is 0 Å². The van der Waals surface area contributed by atoms with Crippen molar-refractivity contribution in [3.63, 3.8) is 0 Å². The van der Waals surface area contributed by atoms with Gasteiger partial charge >= 0.3 is 0 Å². The first kappa shape index (κ1) is 22.1. The molecule has 8 nitrogen and oxygen atoms in total. The summed E-state index contributed by atoms with van der Waals surface area (Å²) in [5.74, 6) is -0.0104. The maximum absolute atomic E-state index is 13.8. The number of sulfonamides is 1. The fraction of sp³-hybridized carbons (Fsp3) is 0.240. The van der Waals surface area contributed by atoms with Crippen molar-refractivity contribution in [2.45, 2.75) is 24.8 Å². The van der Waals surface area contributed by atoms with Crippen LogP contribution in [0.4, 0.5) is 5.69 Å². The third kappa shape index (κ3) is 3.52. The summed E-state index contributed by atoms with van der Waals surface area (Å²) in [7, 11) is -2.32. The van der Waals surface area contributed by atoms with Gasteiger partial charge in [-0.3, -0.25) is 14.1 Å². The summed E-state index contributed by atoms with van der Waals surface area (Å²) in [6.07, 6.45) is 3.32. The van der Waals surface area contributed by atoms with Gasteiger partial charge in [0.15, 0.2) is 0 Å². The molecule has 1 aromatic heterocycles. The van der Waals surface area contributed by atoms with Gasteiger partial charge in [-0.1, -0.05) is 17.7 Å². The van der Waals surface area contributed by atoms with E-state index < -0.39 is 16.1 Å². The van der Waals surface area contributed by atoms with Crippen LogP contribution in [-0.4, -0.2) is 43.7 Å². The SMILES string of the molecule is COc1ccc2c(c1)C1=NN(C(C)=O)[C@H](c3ccncc3)[C@H]1CN2S(=O)(=O)c1ccc(C)cc1. The highest BCUT2D eigenvalue weighted by Crippen LogP contribution is 2.45. The van der Waals surface area contributed by atoms with Gasteiger partial charge in [-0.25, -0.2) is 13.4 Å². The minimum atomic E-state index is -3.87. The number of benzene rings is 2. The number of carbonyl (C=O) groups is 1. The average Bonchev–Trinajstić information content (AvgIpc) is 3.24. The van der Waals surface area contributed by atoms with Crippen LogP contribution in [0, 0.1) is 12.8 Å². The van der Waals surface area contributed by atoms with E-state index in [1.165, 1.54) is 16.2 Å². The molecule has 0 fully saturated rings. The molecular weight excluding hydrogens is 452 g/mol. The Bertz CT molecular complexity index is 1390. The molecule has 0 spiro atoms. The molecule has 2 atom stereocenters. The molecule has 0 saturated heterocycles. The molecule has 5 rings (SSSR count). The lowest BCUT2D eigenvalue weighted by Crippen LogP contribution is -2.44. The minimum Gasteiger partial charge on any atom is -0.497 e. The Morgan fingerprint density at radius 1 is 1.06 bits per heavy atom. The van der Waals surface area contributed by atoms with E-state index in [0.29, 0.717) is 22.7 Å². The van der Waals surface area contributed by atoms with Gasteiger partial charge in [-0.2, -0.15) is 5.10 Å². The Hall–Kier alpha value is -3.72. The number of hydrazone groups is 1. The third-order valence-corrected chi connectivity index (χ3v) is 8.10. The molecule has 3 heterocycles. The molecule has 3 aromatic rings. The second kappa shape index (κ2) is 8.25. The summed E-state index contributed by atoms with van der Waals surface area (Å²) in [6.45, 7) is 3.52. The molecule has 1 amide bonds. The zero-order valence-electron chi connectivity index (χ0n) is 19.0. The highest BCUT2D eigenvalue weighted by atomic mass is 32.2. The minimum absolute atomic E-state index is 0.144. The third-order valence-electron chi connectivity index (χ3n) is 6.30. The van der Waals surface area contributed by atoms with Gasteiger partial charge in [0.25, 0.3) is 10.0 Å². The maximum atomic E-state index is 13.8. The number of methoxy groups -OCH3 is 1. The van der Waals surface area contributed by atoms with Crippen molar-refractivity contribution in [3.8, 4) is 5.75 Å². The van der Waals surface area contributed by atoms with Crippen molar-refractivity contribution in [1.29, 1.82) is 0 Å². The van der Waals surface area contributed by atoms with E-state index in [0.717, 1.165) is 11.1 Å². The Morgan fingerprint density at radius 3 is 2.41 bits per heavy atom. The number of anilines is 1. The first-order valence-electron chi connectivity index (χ1n) is 10.9. The molecule has 2 aliphatic rings. The van der Waals surface area contributed by atoms with Gasteiger partial charge in [0, 0.05) is 37.3 Å². The van der Waals surface area contributed by atoms with E-state index in [1.807, 2.05) is 19.1 Å². The lowest BCUT2D eigenvalue weighted by Gasteiger charge is -2.36. The maximum Gasteiger partial charge on any atom is 0.264 e. The smallest absolute Gasteiger partial charge is 0.264 e. The zero-order valence-corrected chi connectivity index (χ0v) is 19.9. The Labute approximate surface area is 198 Å². The second-order valence-electron chi connectivity index (χ2n) is 8.41. The number of aryl methyl sites for hydroxylation is 1. The van der Waals surface area contributed by atoms with Crippen molar-refractivity contribution >= 4 is 27.3 Å². The largest absolute Gasteiger partial charge is 0.497 e. The topological polar surface area (TPSA) is 92.2 Å². The Kier molecular flexibility index (Phi) is 5.36. The standard InChI is InChI=1S/C25H24N4O4S/c1-16-4-7-20(8-5-16)34(31,32)28-15-22-24(21-14-19(33-3)6-9-23(21)28)27-29(17(2)30)25(22)18-10-12-26-13-11-18/h4-14,22,25H,15H2,1-3H3/t22-,25+/m0/s1. The molecule has 2 aromatic carbocycles. The normalized spacial score (nSPS) is 19.3. The molecule has 0 aliphatic carbocycles. The van der Waals surface area contributed by atoms with Crippen molar-refractivity contribution < 1.29 is 17.9 Å². The van der Waals surface area contributed by atoms with Crippen LogP contribution in [0.2, 0.25) is 0 Å². The number of amides is 1. The highest BCUT2D eigenvalue weighted by molar-refractivity contribution is 7.92. The average molecular weight is 477 g/mol. The summed E-state index contributed by atoms with van der Waals surface area (Å²) in [6, 6.07) is 15.3. The van der Waals surface area contributed by atoms with Crippen LogP contribution >= 0.6 is 0 Å². The molecule has 0 unspecified atom stereocenters. The van der Waals surface area contributed by atoms with Gasteiger partial charge in [-0.15, -0.1) is 0 Å². The molecular formula is C25H24N4O4S. The number of nitrogens with zero attached hydrogens (tertiary/aromatic N) is 4. The lowest BCUT2D eigenvalue weighted by atomic mass is 9.84. The molecule has 174 valence electrons. The molecule has 0 saturated carbocycles. The molecule has 0 radical (unpaired) electrons. The van der Waals surface area contributed by atoms with Crippen LogP contribution in [0.15, 0.2) is 77.0 Å². The predicted molar refractivity (Wildman–Crippen MR) is 128 cm³/mol. The highest BCUT2D eigenvalue weighted by Gasteiger charge is 2.47. The number of hydrogen-bond acceptors (Lipinski definition) is 6. The van der Waals surface area contributed by atoms with Crippen molar-refractivity contribution in [2.75, 3.05) is 18.0 Å². The van der Waals surface area contributed by atoms with Gasteiger partial charge in [-0.05, 0) is 55.0 Å². The number of aromatic nitrogens is 1. The van der Waals surface area contributed by atoms with Crippen LogP contribution in [0.25, 0.3) is 0 Å². The number of pyridine rings is 1. The summed E-state index contributed by atoms with van der Waals surface area (Å²) >= 11 is 0. The van der Waals surface area contributed by atoms with Crippen molar-refractivity contribution in [1.82, 2.24) is 9.99 Å². The zero-order chi connectivity index (χ0) is 24.0. The van der Waals surface area contributed by atoms with E-state index in [9.17, 15) is 13.2 Å². The van der Waals surface area contributed by atoms with Gasteiger partial charge in [0.05, 0.1) is 29.4 Å². The molecule has 2 aliphatic heterocycles. The van der Waals surface area contributed by atoms with E-state index in [-0.39, 0.29) is 23.3 Å². The summed E-state index contributed by atoms with van der Waals surface area (Å²) < 4.78 is 34.5. The first-order chi connectivity index (χ1) is 16.3. The van der Waals surface area contributed by atoms with Crippen LogP contribution in [0.1, 0.15) is 29.7 Å². The quantitative estimate of drug-likeness (QED) is 0.574. The summed E-state index contributed by atoms with van der Waals surface area (Å²) in [5.41, 5.74) is 3.63. The predicted octanol–water partition coefficient (Wildman–Crippen LogP) is 3.53. The lowest BCUT2D eigenvalue weighted by molar-refractivity contribution is -0.131. The van der Waals surface area contributed by atoms with Gasteiger partial charge in [0.2, 0.25) is 5.91 Å². The van der Waals surface area contributed by atoms with Crippen LogP contribution in [-0.2, 0) is 14.8 Å². The Morgan fingerprint density at radius 2 is 1.76 bits per heavy atom. The monoisotopic (exact) mass is 476 g/mol.